The summed E-state index contributed by atoms with van der Waals surface area (Å²) in [6, 6.07) is 0. The van der Waals surface area contributed by atoms with E-state index in [1.54, 1.807) is 6.08 Å². The Bertz CT molecular complexity index is 749. The van der Waals surface area contributed by atoms with Gasteiger partial charge < -0.3 is 24.8 Å². The second kappa shape index (κ2) is 5.03. The van der Waals surface area contributed by atoms with Crippen LogP contribution in [-0.2, 0) is 14.3 Å². The van der Waals surface area contributed by atoms with E-state index < -0.39 is 24.8 Å². The second-order valence-corrected chi connectivity index (χ2v) is 10.1. The van der Waals surface area contributed by atoms with Crippen LogP contribution in [0, 0.1) is 34.5 Å². The Kier molecular flexibility index (Phi) is 3.18. The maximum absolute atomic E-state index is 12.0. The van der Waals surface area contributed by atoms with Gasteiger partial charge in [0.2, 0.25) is 0 Å². The number of ketones is 1. The molecule has 0 radical (unpaired) electrons. The van der Waals surface area contributed by atoms with Crippen molar-refractivity contribution >= 4 is 5.78 Å². The van der Waals surface area contributed by atoms with Crippen LogP contribution in [0.3, 0.4) is 0 Å². The molecule has 6 heteroatoms. The topological polar surface area (TPSA) is 96.2 Å². The maximum atomic E-state index is 12.0. The number of rotatable bonds is 1. The third kappa shape index (κ3) is 1.79. The minimum atomic E-state index is -1.50. The van der Waals surface area contributed by atoms with Crippen molar-refractivity contribution in [1.29, 1.82) is 0 Å². The molecule has 0 aromatic rings. The first kappa shape index (κ1) is 17.1. The Labute approximate surface area is 158 Å². The van der Waals surface area contributed by atoms with Crippen molar-refractivity contribution in [2.75, 3.05) is 6.61 Å². The smallest absolute Gasteiger partial charge is 0.195 e. The van der Waals surface area contributed by atoms with Crippen molar-refractivity contribution in [2.24, 2.45) is 34.5 Å². The van der Waals surface area contributed by atoms with Gasteiger partial charge in [-0.15, -0.1) is 0 Å². The molecule has 10 atom stereocenters. The Morgan fingerprint density at radius 1 is 1.33 bits per heavy atom. The average molecular weight is 376 g/mol. The standard InChI is InChI=1S/C21H28O6/c1-19-5-4-10(23)6-13(19)14(24)7-11-12-2-3-16-20(12)8-15(17(11)19)26-18(20)27-21(16,25)9-22/h6,11-12,14-18,22,24-25H,2-5,7-9H2,1H3/t11-,12-,14-,15-,16-,17+,18?,19-,20+,21?/m0/s1. The molecule has 2 unspecified atom stereocenters. The van der Waals surface area contributed by atoms with Gasteiger partial charge in [-0.3, -0.25) is 4.79 Å². The van der Waals surface area contributed by atoms with Crippen LogP contribution in [0.25, 0.3) is 0 Å². The summed E-state index contributed by atoms with van der Waals surface area (Å²) in [4.78, 5) is 12.0. The largest absolute Gasteiger partial charge is 0.391 e. The van der Waals surface area contributed by atoms with Gasteiger partial charge in [0.15, 0.2) is 17.9 Å². The first-order valence-electron chi connectivity index (χ1n) is 10.4. The third-order valence-electron chi connectivity index (χ3n) is 9.32. The predicted molar refractivity (Wildman–Crippen MR) is 93.1 cm³/mol. The van der Waals surface area contributed by atoms with Crippen LogP contribution < -0.4 is 0 Å². The molecule has 2 aliphatic heterocycles. The lowest BCUT2D eigenvalue weighted by Crippen LogP contribution is -2.57. The van der Waals surface area contributed by atoms with Gasteiger partial charge in [0.1, 0.15) is 0 Å². The summed E-state index contributed by atoms with van der Waals surface area (Å²) < 4.78 is 12.4. The summed E-state index contributed by atoms with van der Waals surface area (Å²) in [6.45, 7) is 1.80. The lowest BCUT2D eigenvalue weighted by atomic mass is 9.46. The summed E-state index contributed by atoms with van der Waals surface area (Å²) in [5.41, 5.74) is 0.441. The monoisotopic (exact) mass is 376 g/mol. The number of ether oxygens (including phenoxy) is 2. The lowest BCUT2D eigenvalue weighted by Gasteiger charge is -2.58. The molecule has 6 rings (SSSR count). The number of hydrogen-bond acceptors (Lipinski definition) is 6. The van der Waals surface area contributed by atoms with E-state index in [1.165, 1.54) is 0 Å². The molecule has 3 saturated carbocycles. The van der Waals surface area contributed by atoms with E-state index in [1.807, 2.05) is 0 Å². The normalized spacial score (nSPS) is 60.7. The van der Waals surface area contributed by atoms with E-state index in [0.29, 0.717) is 24.7 Å². The molecule has 1 spiro atoms. The van der Waals surface area contributed by atoms with Crippen molar-refractivity contribution in [3.8, 4) is 0 Å². The molecule has 148 valence electrons. The van der Waals surface area contributed by atoms with Gasteiger partial charge in [0, 0.05) is 17.8 Å². The summed E-state index contributed by atoms with van der Waals surface area (Å²) in [5, 5.41) is 31.6. The van der Waals surface area contributed by atoms with E-state index in [-0.39, 0.29) is 34.6 Å². The predicted octanol–water partition coefficient (Wildman–Crippen LogP) is 1.13. The molecule has 2 bridgehead atoms. The highest BCUT2D eigenvalue weighted by Gasteiger charge is 2.78. The molecule has 4 aliphatic carbocycles. The number of carbonyl (C=O) groups is 1. The number of aliphatic hydroxyl groups is 3. The second-order valence-electron chi connectivity index (χ2n) is 10.1. The number of carbonyl (C=O) groups excluding carboxylic acids is 1. The van der Waals surface area contributed by atoms with E-state index >= 15 is 0 Å². The molecule has 2 heterocycles. The molecular weight excluding hydrogens is 348 g/mol. The molecule has 0 amide bonds. The van der Waals surface area contributed by atoms with Gasteiger partial charge >= 0.3 is 0 Å². The third-order valence-corrected chi connectivity index (χ3v) is 9.32. The van der Waals surface area contributed by atoms with Crippen molar-refractivity contribution < 1.29 is 29.6 Å². The molecular formula is C21H28O6. The summed E-state index contributed by atoms with van der Waals surface area (Å²) in [6.07, 6.45) is 5.28. The Morgan fingerprint density at radius 2 is 2.15 bits per heavy atom. The van der Waals surface area contributed by atoms with Crippen molar-refractivity contribution in [3.05, 3.63) is 11.6 Å². The summed E-state index contributed by atoms with van der Waals surface area (Å²) >= 11 is 0. The zero-order valence-electron chi connectivity index (χ0n) is 15.6. The van der Waals surface area contributed by atoms with Gasteiger partial charge in [0.05, 0.1) is 18.8 Å². The number of hydrogen-bond donors (Lipinski definition) is 3. The van der Waals surface area contributed by atoms with Gasteiger partial charge in [-0.1, -0.05) is 6.92 Å². The van der Waals surface area contributed by atoms with Crippen LogP contribution in [0.2, 0.25) is 0 Å². The van der Waals surface area contributed by atoms with E-state index in [2.05, 4.69) is 6.92 Å². The number of fused-ring (bicyclic) bond motifs is 6. The summed E-state index contributed by atoms with van der Waals surface area (Å²) in [7, 11) is 0. The van der Waals surface area contributed by atoms with E-state index in [0.717, 1.165) is 31.3 Å². The van der Waals surface area contributed by atoms with Gasteiger partial charge in [-0.05, 0) is 66.9 Å². The molecule has 3 N–H and O–H groups in total. The Hall–Kier alpha value is -0.790. The highest BCUT2D eigenvalue weighted by molar-refractivity contribution is 5.91. The van der Waals surface area contributed by atoms with Crippen molar-refractivity contribution in [1.82, 2.24) is 0 Å². The Morgan fingerprint density at radius 3 is 2.93 bits per heavy atom. The first-order valence-corrected chi connectivity index (χ1v) is 10.4. The van der Waals surface area contributed by atoms with Crippen LogP contribution >= 0.6 is 0 Å². The van der Waals surface area contributed by atoms with Gasteiger partial charge in [-0.2, -0.15) is 0 Å². The van der Waals surface area contributed by atoms with Crippen molar-refractivity contribution in [2.45, 2.75) is 69.7 Å². The fourth-order valence-electron chi connectivity index (χ4n) is 8.45. The zero-order valence-corrected chi connectivity index (χ0v) is 15.6. The van der Waals surface area contributed by atoms with Crippen LogP contribution in [0.5, 0.6) is 0 Å². The van der Waals surface area contributed by atoms with Crippen LogP contribution in [0.15, 0.2) is 11.6 Å². The van der Waals surface area contributed by atoms with Crippen LogP contribution in [0.1, 0.15) is 45.4 Å². The minimum Gasteiger partial charge on any atom is -0.391 e. The van der Waals surface area contributed by atoms with Crippen molar-refractivity contribution in [3.63, 3.8) is 0 Å². The van der Waals surface area contributed by atoms with E-state index in [9.17, 15) is 20.1 Å². The SMILES string of the molecule is C[C@]12CCC(=O)C=C1[C@@H](O)C[C@@H]1[C@@H]2[C@@H]2C[C@]34C(O2)OC(O)(CO)[C@H]3CC[C@@H]14. The lowest BCUT2D eigenvalue weighted by molar-refractivity contribution is -0.281. The summed E-state index contributed by atoms with van der Waals surface area (Å²) in [5.74, 6) is -0.599. The van der Waals surface area contributed by atoms with E-state index in [4.69, 9.17) is 9.47 Å². The highest BCUT2D eigenvalue weighted by atomic mass is 16.8. The molecule has 6 nitrogen and oxygen atoms in total. The maximum Gasteiger partial charge on any atom is 0.195 e. The minimum absolute atomic E-state index is 0.0224. The molecule has 5 fully saturated rings. The first-order chi connectivity index (χ1) is 12.8. The molecule has 27 heavy (non-hydrogen) atoms. The molecule has 2 saturated heterocycles. The van der Waals surface area contributed by atoms with Crippen LogP contribution in [-0.4, -0.2) is 52.0 Å². The Balaban J connectivity index is 1.46. The van der Waals surface area contributed by atoms with Gasteiger partial charge in [0.25, 0.3) is 0 Å². The highest BCUT2D eigenvalue weighted by Crippen LogP contribution is 2.75. The fourth-order valence-corrected chi connectivity index (χ4v) is 8.45. The molecule has 6 aliphatic rings. The molecule has 0 aromatic carbocycles. The number of aliphatic hydroxyl groups excluding tert-OH is 2. The van der Waals surface area contributed by atoms with Crippen LogP contribution in [0.4, 0.5) is 0 Å². The fraction of sp³-hybridized carbons (Fsp3) is 0.857. The van der Waals surface area contributed by atoms with Gasteiger partial charge in [-0.25, -0.2) is 0 Å². The molecule has 0 aromatic heterocycles. The zero-order chi connectivity index (χ0) is 18.8. The average Bonchev–Trinajstić information content (AvgIpc) is 3.22. The quantitative estimate of drug-likeness (QED) is 0.635.